The molecule has 1 heterocycles. The van der Waals surface area contributed by atoms with Gasteiger partial charge in [0.2, 0.25) is 0 Å². The highest BCUT2D eigenvalue weighted by Crippen LogP contribution is 2.37. The second-order valence-corrected chi connectivity index (χ2v) is 5.96. The van der Waals surface area contributed by atoms with E-state index in [2.05, 4.69) is 11.8 Å². The topological polar surface area (TPSA) is 3.24 Å². The van der Waals surface area contributed by atoms with Crippen molar-refractivity contribution in [1.82, 2.24) is 4.90 Å². The number of likely N-dealkylation sites (tertiary alicyclic amines) is 1. The fraction of sp³-hybridized carbons (Fsp3) is 0.571. The second kappa shape index (κ2) is 5.63. The summed E-state index contributed by atoms with van der Waals surface area (Å²) >= 11 is 0. The molecule has 0 radical (unpaired) electrons. The number of nitrogens with zero attached hydrogens (tertiary/aromatic N) is 1. The largest absolute Gasteiger partial charge is 0.299 e. The average molecular weight is 271 g/mol. The van der Waals surface area contributed by atoms with Crippen LogP contribution in [0.1, 0.15) is 30.9 Å². The van der Waals surface area contributed by atoms with Gasteiger partial charge in [-0.3, -0.25) is 4.90 Å². The highest BCUT2D eigenvalue weighted by molar-refractivity contribution is 7.17. The van der Waals surface area contributed by atoms with Gasteiger partial charge in [0.1, 0.15) is 0 Å². The van der Waals surface area contributed by atoms with E-state index < -0.39 is 5.66 Å². The minimum absolute atomic E-state index is 0.133. The first-order valence-electron chi connectivity index (χ1n) is 6.44. The Morgan fingerprint density at radius 1 is 1.28 bits per heavy atom. The van der Waals surface area contributed by atoms with Gasteiger partial charge in [-0.2, -0.15) is 8.78 Å². The van der Waals surface area contributed by atoms with E-state index in [4.69, 9.17) is 0 Å². The average Bonchev–Trinajstić information content (AvgIpc) is 2.31. The van der Waals surface area contributed by atoms with Crippen molar-refractivity contribution >= 4 is 9.24 Å². The first-order chi connectivity index (χ1) is 8.47. The summed E-state index contributed by atoms with van der Waals surface area (Å²) in [7, 11) is 1.64. The van der Waals surface area contributed by atoms with Crippen LogP contribution < -0.4 is 0 Å². The number of rotatable bonds is 3. The highest BCUT2D eigenvalue weighted by Gasteiger charge is 2.28. The van der Waals surface area contributed by atoms with Crippen LogP contribution in [0.3, 0.4) is 0 Å². The lowest BCUT2D eigenvalue weighted by Gasteiger charge is -2.31. The maximum Gasteiger partial charge on any atom is 0.284 e. The van der Waals surface area contributed by atoms with Crippen LogP contribution in [0, 0.1) is 5.92 Å². The van der Waals surface area contributed by atoms with Crippen LogP contribution in [0.25, 0.3) is 0 Å². The molecular weight excluding hydrogens is 251 g/mol. The SMILES string of the molecule is CC1CCN(Cc2ccccc2C(F)(F)P)CC1. The fourth-order valence-corrected chi connectivity index (χ4v) is 2.73. The second-order valence-electron chi connectivity index (χ2n) is 5.24. The molecule has 1 atom stereocenters. The van der Waals surface area contributed by atoms with Gasteiger partial charge in [0, 0.05) is 12.1 Å². The molecule has 0 spiro atoms. The smallest absolute Gasteiger partial charge is 0.284 e. The molecule has 0 aliphatic carbocycles. The lowest BCUT2D eigenvalue weighted by Crippen LogP contribution is -2.32. The zero-order valence-corrected chi connectivity index (χ0v) is 11.9. The molecule has 0 amide bonds. The Balaban J connectivity index is 2.10. The maximum atomic E-state index is 13.5. The minimum atomic E-state index is -2.83. The van der Waals surface area contributed by atoms with Crippen molar-refractivity contribution in [3.8, 4) is 0 Å². The number of benzene rings is 1. The molecular formula is C14H20F2NP. The molecule has 0 N–H and O–H groups in total. The number of alkyl halides is 2. The first-order valence-corrected chi connectivity index (χ1v) is 7.02. The van der Waals surface area contributed by atoms with Crippen LogP contribution in [-0.2, 0) is 12.2 Å². The van der Waals surface area contributed by atoms with Crippen molar-refractivity contribution in [2.24, 2.45) is 5.92 Å². The van der Waals surface area contributed by atoms with Gasteiger partial charge < -0.3 is 0 Å². The zero-order chi connectivity index (χ0) is 13.2. The molecule has 1 fully saturated rings. The summed E-state index contributed by atoms with van der Waals surface area (Å²) in [6.45, 7) is 4.91. The molecule has 1 aliphatic heterocycles. The van der Waals surface area contributed by atoms with Crippen molar-refractivity contribution in [3.63, 3.8) is 0 Å². The third-order valence-corrected chi connectivity index (χ3v) is 3.96. The van der Waals surface area contributed by atoms with Crippen molar-refractivity contribution in [2.75, 3.05) is 13.1 Å². The van der Waals surface area contributed by atoms with Crippen LogP contribution in [0.4, 0.5) is 8.78 Å². The molecule has 1 aliphatic rings. The lowest BCUT2D eigenvalue weighted by molar-refractivity contribution is 0.100. The van der Waals surface area contributed by atoms with E-state index in [1.54, 1.807) is 15.3 Å². The van der Waals surface area contributed by atoms with E-state index in [-0.39, 0.29) is 5.56 Å². The summed E-state index contributed by atoms with van der Waals surface area (Å²) in [4.78, 5) is 2.27. The van der Waals surface area contributed by atoms with Crippen LogP contribution in [0.15, 0.2) is 24.3 Å². The Bertz CT molecular complexity index is 395. The van der Waals surface area contributed by atoms with Gasteiger partial charge in [-0.05, 0) is 37.4 Å². The van der Waals surface area contributed by atoms with E-state index in [0.717, 1.165) is 24.6 Å². The Hall–Kier alpha value is -0.530. The standard InChI is InChI=1S/C14H20F2NP/c1-11-6-8-17(9-7-11)10-12-4-2-3-5-13(12)14(15,16)18/h2-5,11H,6-10,18H2,1H3. The Morgan fingerprint density at radius 2 is 1.89 bits per heavy atom. The summed E-state index contributed by atoms with van der Waals surface area (Å²) in [5, 5.41) is 0. The quantitative estimate of drug-likeness (QED) is 0.755. The Kier molecular flexibility index (Phi) is 4.34. The number of hydrogen-bond acceptors (Lipinski definition) is 1. The molecule has 0 aromatic heterocycles. The summed E-state index contributed by atoms with van der Waals surface area (Å²) in [5.74, 6) is 0.764. The lowest BCUT2D eigenvalue weighted by atomic mass is 9.98. The number of hydrogen-bond donors (Lipinski definition) is 0. The van der Waals surface area contributed by atoms with E-state index >= 15 is 0 Å². The van der Waals surface area contributed by atoms with E-state index in [1.165, 1.54) is 18.9 Å². The third-order valence-electron chi connectivity index (χ3n) is 3.65. The molecule has 0 bridgehead atoms. The predicted molar refractivity (Wildman–Crippen MR) is 73.7 cm³/mol. The van der Waals surface area contributed by atoms with Crippen LogP contribution in [0.2, 0.25) is 0 Å². The third kappa shape index (κ3) is 3.49. The van der Waals surface area contributed by atoms with Crippen molar-refractivity contribution in [2.45, 2.75) is 32.0 Å². The Labute approximate surface area is 110 Å². The fourth-order valence-electron chi connectivity index (χ4n) is 2.44. The summed E-state index contributed by atoms with van der Waals surface area (Å²) in [6, 6.07) is 6.84. The minimum Gasteiger partial charge on any atom is -0.299 e. The van der Waals surface area contributed by atoms with Gasteiger partial charge in [0.05, 0.1) is 0 Å². The molecule has 0 saturated carbocycles. The number of halogens is 2. The van der Waals surface area contributed by atoms with Gasteiger partial charge in [-0.15, -0.1) is 0 Å². The van der Waals surface area contributed by atoms with E-state index in [1.807, 2.05) is 12.1 Å². The van der Waals surface area contributed by atoms with Crippen molar-refractivity contribution in [3.05, 3.63) is 35.4 Å². The maximum absolute atomic E-state index is 13.5. The molecule has 4 heteroatoms. The molecule has 1 aromatic rings. The molecule has 1 aromatic carbocycles. The summed E-state index contributed by atoms with van der Waals surface area (Å²) in [6.07, 6.45) is 2.33. The Morgan fingerprint density at radius 3 is 2.50 bits per heavy atom. The number of piperidine rings is 1. The molecule has 1 nitrogen and oxygen atoms in total. The van der Waals surface area contributed by atoms with Crippen molar-refractivity contribution < 1.29 is 8.78 Å². The normalized spacial score (nSPS) is 19.1. The zero-order valence-electron chi connectivity index (χ0n) is 10.7. The molecule has 18 heavy (non-hydrogen) atoms. The summed E-state index contributed by atoms with van der Waals surface area (Å²) in [5.41, 5.74) is -1.96. The molecule has 1 saturated heterocycles. The van der Waals surface area contributed by atoms with E-state index in [9.17, 15) is 8.78 Å². The van der Waals surface area contributed by atoms with Gasteiger partial charge >= 0.3 is 0 Å². The van der Waals surface area contributed by atoms with Crippen molar-refractivity contribution in [1.29, 1.82) is 0 Å². The van der Waals surface area contributed by atoms with Gasteiger partial charge in [-0.25, -0.2) is 0 Å². The summed E-state index contributed by atoms with van der Waals surface area (Å²) < 4.78 is 27.0. The molecule has 100 valence electrons. The molecule has 1 unspecified atom stereocenters. The monoisotopic (exact) mass is 271 g/mol. The van der Waals surface area contributed by atoms with Gasteiger partial charge in [0.15, 0.2) is 0 Å². The van der Waals surface area contributed by atoms with Crippen LogP contribution >= 0.6 is 9.24 Å². The highest BCUT2D eigenvalue weighted by atomic mass is 31.0. The van der Waals surface area contributed by atoms with Crippen LogP contribution in [0.5, 0.6) is 0 Å². The van der Waals surface area contributed by atoms with Gasteiger partial charge in [-0.1, -0.05) is 40.4 Å². The first kappa shape index (κ1) is 13.9. The van der Waals surface area contributed by atoms with Crippen LogP contribution in [-0.4, -0.2) is 18.0 Å². The predicted octanol–water partition coefficient (Wildman–Crippen LogP) is 3.84. The van der Waals surface area contributed by atoms with E-state index in [0.29, 0.717) is 6.54 Å². The van der Waals surface area contributed by atoms with Gasteiger partial charge in [0.25, 0.3) is 5.66 Å². The molecule has 2 rings (SSSR count).